The average Bonchev–Trinajstić information content (AvgIpc) is 2.97. The molecule has 5 nitrogen and oxygen atoms in total. The molecular weight excluding hydrogens is 334 g/mol. The fourth-order valence-electron chi connectivity index (χ4n) is 2.58. The number of nitrogens with one attached hydrogen (secondary N) is 2. The normalized spacial score (nSPS) is 10.7. The summed E-state index contributed by atoms with van der Waals surface area (Å²) in [5.41, 5.74) is 4.26. The van der Waals surface area contributed by atoms with E-state index in [2.05, 4.69) is 27.8 Å². The molecule has 128 valence electrons. The van der Waals surface area contributed by atoms with E-state index in [9.17, 15) is 9.59 Å². The Kier molecular flexibility index (Phi) is 4.81. The van der Waals surface area contributed by atoms with Gasteiger partial charge in [-0.3, -0.25) is 14.9 Å². The molecule has 0 radical (unpaired) electrons. The van der Waals surface area contributed by atoms with E-state index in [0.717, 1.165) is 15.8 Å². The number of amides is 2. The number of aromatic nitrogens is 1. The van der Waals surface area contributed by atoms with E-state index in [1.807, 2.05) is 13.8 Å². The maximum Gasteiger partial charge on any atom is 0.257 e. The Morgan fingerprint density at radius 1 is 1.12 bits per heavy atom. The topological polar surface area (TPSA) is 71.1 Å². The molecule has 0 saturated carbocycles. The largest absolute Gasteiger partial charge is 0.326 e. The molecule has 2 N–H and O–H groups in total. The lowest BCUT2D eigenvalue weighted by Gasteiger charge is -2.06. The molecule has 3 rings (SSSR count). The fourth-order valence-corrected chi connectivity index (χ4v) is 3.62. The first-order valence-corrected chi connectivity index (χ1v) is 8.87. The van der Waals surface area contributed by atoms with Gasteiger partial charge in [-0.25, -0.2) is 4.98 Å². The van der Waals surface area contributed by atoms with E-state index in [4.69, 9.17) is 0 Å². The molecule has 25 heavy (non-hydrogen) atoms. The molecule has 2 amide bonds. The van der Waals surface area contributed by atoms with Gasteiger partial charge in [0, 0.05) is 17.7 Å². The number of nitrogens with zero attached hydrogens (tertiary/aromatic N) is 1. The van der Waals surface area contributed by atoms with E-state index in [1.54, 1.807) is 31.2 Å². The van der Waals surface area contributed by atoms with Crippen LogP contribution in [0.2, 0.25) is 0 Å². The van der Waals surface area contributed by atoms with Crippen molar-refractivity contribution in [3.8, 4) is 0 Å². The van der Waals surface area contributed by atoms with Gasteiger partial charge in [-0.2, -0.15) is 0 Å². The highest BCUT2D eigenvalue weighted by Gasteiger charge is 2.12. The highest BCUT2D eigenvalue weighted by atomic mass is 32.1. The monoisotopic (exact) mass is 353 g/mol. The number of aryl methyl sites for hydroxylation is 2. The molecule has 0 aliphatic heterocycles. The highest BCUT2D eigenvalue weighted by molar-refractivity contribution is 7.22. The van der Waals surface area contributed by atoms with Crippen LogP contribution in [-0.2, 0) is 4.79 Å². The molecule has 0 bridgehead atoms. The third-order valence-electron chi connectivity index (χ3n) is 3.78. The van der Waals surface area contributed by atoms with Gasteiger partial charge in [-0.1, -0.05) is 30.4 Å². The summed E-state index contributed by atoms with van der Waals surface area (Å²) < 4.78 is 1.05. The zero-order chi connectivity index (χ0) is 18.0. The molecular formula is C19H19N3O2S. The summed E-state index contributed by atoms with van der Waals surface area (Å²) in [4.78, 5) is 28.5. The Balaban J connectivity index is 1.81. The van der Waals surface area contributed by atoms with Crippen LogP contribution in [0.5, 0.6) is 0 Å². The second-order valence-corrected chi connectivity index (χ2v) is 6.91. The van der Waals surface area contributed by atoms with Crippen molar-refractivity contribution in [1.29, 1.82) is 0 Å². The maximum atomic E-state index is 12.5. The van der Waals surface area contributed by atoms with E-state index in [1.165, 1.54) is 16.9 Å². The number of fused-ring (bicyclic) bond motifs is 1. The lowest BCUT2D eigenvalue weighted by molar-refractivity contribution is -0.115. The van der Waals surface area contributed by atoms with E-state index < -0.39 is 0 Å². The van der Waals surface area contributed by atoms with Gasteiger partial charge in [-0.05, 0) is 49.2 Å². The Hall–Kier alpha value is -2.73. The Morgan fingerprint density at radius 3 is 2.68 bits per heavy atom. The minimum Gasteiger partial charge on any atom is -0.326 e. The van der Waals surface area contributed by atoms with Crippen molar-refractivity contribution in [3.05, 3.63) is 53.1 Å². The Labute approximate surface area is 150 Å². The molecule has 0 saturated heterocycles. The van der Waals surface area contributed by atoms with Crippen LogP contribution in [0.25, 0.3) is 10.2 Å². The second-order valence-electron chi connectivity index (χ2n) is 5.88. The van der Waals surface area contributed by atoms with Gasteiger partial charge in [-0.15, -0.1) is 0 Å². The SMILES string of the molecule is CCC(=O)Nc1cccc(C(=O)Nc2nc3c(C)cc(C)cc3s2)c1. The summed E-state index contributed by atoms with van der Waals surface area (Å²) in [6, 6.07) is 11.0. The van der Waals surface area contributed by atoms with Crippen molar-refractivity contribution >= 4 is 44.2 Å². The number of benzene rings is 2. The van der Waals surface area contributed by atoms with Crippen LogP contribution in [0, 0.1) is 13.8 Å². The number of carbonyl (C=O) groups is 2. The van der Waals surface area contributed by atoms with Crippen molar-refractivity contribution in [2.75, 3.05) is 10.6 Å². The molecule has 0 fully saturated rings. The summed E-state index contributed by atoms with van der Waals surface area (Å²) in [6.45, 7) is 5.84. The third-order valence-corrected chi connectivity index (χ3v) is 4.70. The fraction of sp³-hybridized carbons (Fsp3) is 0.211. The van der Waals surface area contributed by atoms with Gasteiger partial charge in [0.05, 0.1) is 10.2 Å². The molecule has 3 aromatic rings. The average molecular weight is 353 g/mol. The summed E-state index contributed by atoms with van der Waals surface area (Å²) in [7, 11) is 0. The van der Waals surface area contributed by atoms with Gasteiger partial charge < -0.3 is 5.32 Å². The zero-order valence-electron chi connectivity index (χ0n) is 14.3. The third kappa shape index (κ3) is 3.85. The lowest BCUT2D eigenvalue weighted by atomic mass is 10.1. The van der Waals surface area contributed by atoms with Crippen molar-refractivity contribution in [2.45, 2.75) is 27.2 Å². The maximum absolute atomic E-state index is 12.5. The van der Waals surface area contributed by atoms with E-state index >= 15 is 0 Å². The van der Waals surface area contributed by atoms with Gasteiger partial charge in [0.25, 0.3) is 5.91 Å². The smallest absolute Gasteiger partial charge is 0.257 e. The molecule has 0 aliphatic rings. The first kappa shape index (κ1) is 17.1. The minimum atomic E-state index is -0.249. The standard InChI is InChI=1S/C19H19N3O2S/c1-4-16(23)20-14-7-5-6-13(10-14)18(24)22-19-21-17-12(3)8-11(2)9-15(17)25-19/h5-10H,4H2,1-3H3,(H,20,23)(H,21,22,24). The van der Waals surface area contributed by atoms with Gasteiger partial charge >= 0.3 is 0 Å². The lowest BCUT2D eigenvalue weighted by Crippen LogP contribution is -2.13. The molecule has 0 atom stereocenters. The molecule has 1 heterocycles. The molecule has 2 aromatic carbocycles. The van der Waals surface area contributed by atoms with Crippen LogP contribution in [0.15, 0.2) is 36.4 Å². The van der Waals surface area contributed by atoms with Crippen LogP contribution in [0.4, 0.5) is 10.8 Å². The van der Waals surface area contributed by atoms with Crippen LogP contribution < -0.4 is 10.6 Å². The van der Waals surface area contributed by atoms with E-state index in [0.29, 0.717) is 22.8 Å². The van der Waals surface area contributed by atoms with Crippen LogP contribution in [0.3, 0.4) is 0 Å². The Bertz CT molecular complexity index is 962. The predicted molar refractivity (Wildman–Crippen MR) is 102 cm³/mol. The minimum absolute atomic E-state index is 0.0884. The second kappa shape index (κ2) is 7.03. The van der Waals surface area contributed by atoms with Crippen LogP contribution in [-0.4, -0.2) is 16.8 Å². The summed E-state index contributed by atoms with van der Waals surface area (Å²) in [5, 5.41) is 6.16. The van der Waals surface area contributed by atoms with Gasteiger partial charge in [0.1, 0.15) is 0 Å². The Morgan fingerprint density at radius 2 is 1.92 bits per heavy atom. The number of anilines is 2. The predicted octanol–water partition coefficient (Wildman–Crippen LogP) is 4.51. The van der Waals surface area contributed by atoms with Crippen molar-refractivity contribution < 1.29 is 9.59 Å². The molecule has 0 unspecified atom stereocenters. The van der Waals surface area contributed by atoms with Crippen LogP contribution >= 0.6 is 11.3 Å². The quantitative estimate of drug-likeness (QED) is 0.725. The number of hydrogen-bond acceptors (Lipinski definition) is 4. The number of hydrogen-bond donors (Lipinski definition) is 2. The summed E-state index contributed by atoms with van der Waals surface area (Å²) in [6.07, 6.45) is 0.390. The van der Waals surface area contributed by atoms with Crippen molar-refractivity contribution in [1.82, 2.24) is 4.98 Å². The van der Waals surface area contributed by atoms with Crippen LogP contribution in [0.1, 0.15) is 34.8 Å². The first-order valence-electron chi connectivity index (χ1n) is 8.05. The first-order chi connectivity index (χ1) is 12.0. The highest BCUT2D eigenvalue weighted by Crippen LogP contribution is 2.29. The molecule has 0 aliphatic carbocycles. The molecule has 1 aromatic heterocycles. The summed E-state index contributed by atoms with van der Waals surface area (Å²) in [5.74, 6) is -0.337. The number of carbonyl (C=O) groups excluding carboxylic acids is 2. The van der Waals surface area contributed by atoms with Gasteiger partial charge in [0.2, 0.25) is 5.91 Å². The van der Waals surface area contributed by atoms with Gasteiger partial charge in [0.15, 0.2) is 5.13 Å². The van der Waals surface area contributed by atoms with Crippen molar-refractivity contribution in [3.63, 3.8) is 0 Å². The molecule has 6 heteroatoms. The van der Waals surface area contributed by atoms with Crippen molar-refractivity contribution in [2.24, 2.45) is 0 Å². The zero-order valence-corrected chi connectivity index (χ0v) is 15.2. The summed E-state index contributed by atoms with van der Waals surface area (Å²) >= 11 is 1.45. The van der Waals surface area contributed by atoms with E-state index in [-0.39, 0.29) is 11.8 Å². The molecule has 0 spiro atoms. The number of thiazole rings is 1. The number of rotatable bonds is 4.